The minimum absolute atomic E-state index is 1.09. The van der Waals surface area contributed by atoms with Gasteiger partial charge in [-0.05, 0) is 21.9 Å². The van der Waals surface area contributed by atoms with Crippen LogP contribution in [0, 0.1) is 0 Å². The van der Waals surface area contributed by atoms with E-state index in [2.05, 4.69) is 66.7 Å². The Kier molecular flexibility index (Phi) is 3.53. The zero-order valence-corrected chi connectivity index (χ0v) is 12.6. The van der Waals surface area contributed by atoms with Crippen LogP contribution < -0.4 is 0 Å². The fourth-order valence-electron chi connectivity index (χ4n) is 2.87. The fraction of sp³-hybridized carbons (Fsp3) is 0. The van der Waals surface area contributed by atoms with E-state index in [1.807, 2.05) is 24.5 Å². The van der Waals surface area contributed by atoms with Crippen molar-refractivity contribution in [3.63, 3.8) is 0 Å². The maximum atomic E-state index is 5.49. The van der Waals surface area contributed by atoms with Crippen molar-refractivity contribution in [3.05, 3.63) is 96.4 Å². The zero-order valence-electron chi connectivity index (χ0n) is 12.6. The molecule has 0 atom stereocenters. The lowest BCUT2D eigenvalue weighted by atomic mass is 9.97. The first-order chi connectivity index (χ1) is 11.4. The molecule has 0 spiro atoms. The van der Waals surface area contributed by atoms with E-state index in [0.717, 1.165) is 11.1 Å². The number of fused-ring (bicyclic) bond motifs is 1. The fourth-order valence-corrected chi connectivity index (χ4v) is 2.87. The van der Waals surface area contributed by atoms with Crippen molar-refractivity contribution in [3.8, 4) is 11.1 Å². The summed E-state index contributed by atoms with van der Waals surface area (Å²) in [7, 11) is 0. The quantitative estimate of drug-likeness (QED) is 0.434. The van der Waals surface area contributed by atoms with E-state index in [0.29, 0.717) is 0 Å². The highest BCUT2D eigenvalue weighted by Crippen LogP contribution is 2.32. The Morgan fingerprint density at radius 2 is 1.39 bits per heavy atom. The van der Waals surface area contributed by atoms with Gasteiger partial charge >= 0.3 is 0 Å². The van der Waals surface area contributed by atoms with Crippen LogP contribution in [0.1, 0.15) is 11.1 Å². The molecule has 0 amide bonds. The van der Waals surface area contributed by atoms with Crippen LogP contribution in [0.25, 0.3) is 34.1 Å². The maximum Gasteiger partial charge on any atom is 0.0987 e. The number of rotatable bonds is 3. The molecule has 3 aromatic carbocycles. The third-order valence-electron chi connectivity index (χ3n) is 4.03. The molecule has 1 nitrogen and oxygen atoms in total. The largest absolute Gasteiger partial charge is 0.471 e. The van der Waals surface area contributed by atoms with Gasteiger partial charge in [-0.3, -0.25) is 0 Å². The Hall–Kier alpha value is -3.06. The molecular weight excluding hydrogens is 280 g/mol. The summed E-state index contributed by atoms with van der Waals surface area (Å²) in [6, 6.07) is 25.1. The number of hydrogen-bond acceptors (Lipinski definition) is 1. The van der Waals surface area contributed by atoms with Crippen LogP contribution >= 0.6 is 0 Å². The lowest BCUT2D eigenvalue weighted by molar-refractivity contribution is 0.567. The zero-order chi connectivity index (χ0) is 15.5. The van der Waals surface area contributed by atoms with Crippen molar-refractivity contribution in [2.24, 2.45) is 0 Å². The van der Waals surface area contributed by atoms with Gasteiger partial charge in [-0.15, -0.1) is 0 Å². The molecule has 0 saturated carbocycles. The second kappa shape index (κ2) is 5.98. The number of benzene rings is 3. The molecule has 1 heteroatoms. The van der Waals surface area contributed by atoms with Crippen LogP contribution in [-0.4, -0.2) is 0 Å². The van der Waals surface area contributed by atoms with Crippen LogP contribution in [0.5, 0.6) is 0 Å². The molecule has 4 aromatic rings. The highest BCUT2D eigenvalue weighted by atomic mass is 16.3. The monoisotopic (exact) mass is 296 g/mol. The normalized spacial score (nSPS) is 11.3. The van der Waals surface area contributed by atoms with Gasteiger partial charge in [0.15, 0.2) is 0 Å². The Morgan fingerprint density at radius 3 is 2.30 bits per heavy atom. The van der Waals surface area contributed by atoms with E-state index < -0.39 is 0 Å². The molecular formula is C22H16O. The molecule has 0 radical (unpaired) electrons. The first-order valence-corrected chi connectivity index (χ1v) is 7.69. The molecule has 23 heavy (non-hydrogen) atoms. The van der Waals surface area contributed by atoms with Crippen LogP contribution in [0.3, 0.4) is 0 Å². The van der Waals surface area contributed by atoms with Gasteiger partial charge in [0.05, 0.1) is 12.5 Å². The predicted octanol–water partition coefficient (Wildman–Crippen LogP) is 6.27. The van der Waals surface area contributed by atoms with Crippen LogP contribution in [-0.2, 0) is 0 Å². The van der Waals surface area contributed by atoms with Gasteiger partial charge in [0.1, 0.15) is 0 Å². The predicted molar refractivity (Wildman–Crippen MR) is 97.0 cm³/mol. The topological polar surface area (TPSA) is 13.1 Å². The van der Waals surface area contributed by atoms with E-state index in [9.17, 15) is 0 Å². The molecule has 1 heterocycles. The first-order valence-electron chi connectivity index (χ1n) is 7.69. The van der Waals surface area contributed by atoms with Gasteiger partial charge in [-0.2, -0.15) is 0 Å². The molecule has 0 aliphatic carbocycles. The molecule has 0 aliphatic heterocycles. The van der Waals surface area contributed by atoms with Gasteiger partial charge < -0.3 is 4.42 Å². The first kappa shape index (κ1) is 13.6. The summed E-state index contributed by atoms with van der Waals surface area (Å²) < 4.78 is 5.49. The Morgan fingerprint density at radius 1 is 0.609 bits per heavy atom. The molecule has 0 unspecified atom stereocenters. The molecule has 4 rings (SSSR count). The number of furan rings is 1. The minimum Gasteiger partial charge on any atom is -0.471 e. The van der Waals surface area contributed by atoms with Crippen molar-refractivity contribution in [2.75, 3.05) is 0 Å². The van der Waals surface area contributed by atoms with E-state index in [4.69, 9.17) is 4.42 Å². The maximum absolute atomic E-state index is 5.49. The third kappa shape index (κ3) is 2.69. The molecule has 0 bridgehead atoms. The average molecular weight is 296 g/mol. The van der Waals surface area contributed by atoms with E-state index >= 15 is 0 Å². The summed E-state index contributed by atoms with van der Waals surface area (Å²) in [4.78, 5) is 0. The third-order valence-corrected chi connectivity index (χ3v) is 4.03. The van der Waals surface area contributed by atoms with Crippen molar-refractivity contribution in [1.29, 1.82) is 0 Å². The van der Waals surface area contributed by atoms with Gasteiger partial charge in [0.2, 0.25) is 0 Å². The summed E-state index contributed by atoms with van der Waals surface area (Å²) in [5.41, 5.74) is 4.58. The van der Waals surface area contributed by atoms with Gasteiger partial charge in [0, 0.05) is 11.1 Å². The van der Waals surface area contributed by atoms with Crippen molar-refractivity contribution < 1.29 is 4.42 Å². The second-order valence-electron chi connectivity index (χ2n) is 5.51. The average Bonchev–Trinajstić information content (AvgIpc) is 3.09. The Bertz CT molecular complexity index is 956. The standard InChI is InChI=1S/C22H16O/c1-2-7-17(8-3-1)13-14-19-15-23-16-22(19)21-12-6-10-18-9-4-5-11-20(18)21/h1-16H/b14-13+. The molecule has 110 valence electrons. The SMILES string of the molecule is C(=C\c1cocc1-c1cccc2ccccc12)/c1ccccc1. The van der Waals surface area contributed by atoms with Crippen LogP contribution in [0.4, 0.5) is 0 Å². The highest BCUT2D eigenvalue weighted by molar-refractivity contribution is 5.98. The van der Waals surface area contributed by atoms with Gasteiger partial charge in [0.25, 0.3) is 0 Å². The summed E-state index contributed by atoms with van der Waals surface area (Å²) in [6.45, 7) is 0. The summed E-state index contributed by atoms with van der Waals surface area (Å²) >= 11 is 0. The Balaban J connectivity index is 1.79. The summed E-state index contributed by atoms with van der Waals surface area (Å²) in [5, 5.41) is 2.48. The highest BCUT2D eigenvalue weighted by Gasteiger charge is 2.09. The van der Waals surface area contributed by atoms with Gasteiger partial charge in [-0.1, -0.05) is 84.9 Å². The molecule has 0 fully saturated rings. The molecule has 0 N–H and O–H groups in total. The van der Waals surface area contributed by atoms with Crippen LogP contribution in [0.15, 0.2) is 89.7 Å². The van der Waals surface area contributed by atoms with Crippen LogP contribution in [0.2, 0.25) is 0 Å². The number of hydrogen-bond donors (Lipinski definition) is 0. The van der Waals surface area contributed by atoms with Gasteiger partial charge in [-0.25, -0.2) is 0 Å². The molecule has 0 saturated heterocycles. The van der Waals surface area contributed by atoms with E-state index in [1.165, 1.54) is 21.9 Å². The molecule has 0 aliphatic rings. The summed E-state index contributed by atoms with van der Waals surface area (Å²) in [5.74, 6) is 0. The summed E-state index contributed by atoms with van der Waals surface area (Å²) in [6.07, 6.45) is 7.85. The van der Waals surface area contributed by atoms with E-state index in [1.54, 1.807) is 6.26 Å². The van der Waals surface area contributed by atoms with Crippen molar-refractivity contribution in [1.82, 2.24) is 0 Å². The van der Waals surface area contributed by atoms with Crippen molar-refractivity contribution >= 4 is 22.9 Å². The lowest BCUT2D eigenvalue weighted by Crippen LogP contribution is -1.81. The van der Waals surface area contributed by atoms with Crippen molar-refractivity contribution in [2.45, 2.75) is 0 Å². The minimum atomic E-state index is 1.09. The smallest absolute Gasteiger partial charge is 0.0987 e. The second-order valence-corrected chi connectivity index (χ2v) is 5.51. The van der Waals surface area contributed by atoms with E-state index in [-0.39, 0.29) is 0 Å². The molecule has 1 aromatic heterocycles. The Labute approximate surface area is 135 Å². The lowest BCUT2D eigenvalue weighted by Gasteiger charge is -2.05.